The molecule has 0 radical (unpaired) electrons. The van der Waals surface area contributed by atoms with Crippen molar-refractivity contribution >= 4 is 11.9 Å². The quantitative estimate of drug-likeness (QED) is 0.557. The molecule has 1 aromatic rings. The minimum Gasteiger partial charge on any atom is -0.455 e. The number of nitrogens with one attached hydrogen (secondary N) is 1. The van der Waals surface area contributed by atoms with Crippen molar-refractivity contribution in [3.8, 4) is 0 Å². The van der Waals surface area contributed by atoms with Crippen LogP contribution in [0.15, 0.2) is 30.3 Å². The summed E-state index contributed by atoms with van der Waals surface area (Å²) in [5.41, 5.74) is 0.908. The molecule has 0 heterocycles. The first-order chi connectivity index (χ1) is 10.2. The molecular weight excluding hydrogens is 270 g/mol. The van der Waals surface area contributed by atoms with Crippen LogP contribution < -0.4 is 5.32 Å². The molecule has 1 rings (SSSR count). The van der Waals surface area contributed by atoms with Gasteiger partial charge in [-0.1, -0.05) is 37.3 Å². The van der Waals surface area contributed by atoms with Gasteiger partial charge in [0, 0.05) is 20.3 Å². The molecule has 0 aliphatic carbocycles. The first-order valence-electron chi connectivity index (χ1n) is 7.16. The van der Waals surface area contributed by atoms with Gasteiger partial charge in [-0.3, -0.25) is 9.59 Å². The van der Waals surface area contributed by atoms with Gasteiger partial charge in [-0.25, -0.2) is 0 Å². The Morgan fingerprint density at radius 1 is 1.24 bits per heavy atom. The van der Waals surface area contributed by atoms with Crippen LogP contribution in [0.1, 0.15) is 31.2 Å². The molecule has 116 valence electrons. The number of benzene rings is 1. The van der Waals surface area contributed by atoms with E-state index < -0.39 is 0 Å². The predicted octanol–water partition coefficient (Wildman–Crippen LogP) is 1.88. The molecule has 0 aliphatic rings. The summed E-state index contributed by atoms with van der Waals surface area (Å²) in [5.74, 6) is -0.981. The molecule has 1 aromatic carbocycles. The second-order valence-corrected chi connectivity index (χ2v) is 4.68. The molecule has 0 bridgehead atoms. The van der Waals surface area contributed by atoms with E-state index in [1.807, 2.05) is 37.3 Å². The van der Waals surface area contributed by atoms with Crippen LogP contribution in [0.4, 0.5) is 0 Å². The van der Waals surface area contributed by atoms with E-state index in [0.29, 0.717) is 19.6 Å². The molecule has 0 saturated carbocycles. The van der Waals surface area contributed by atoms with Crippen molar-refractivity contribution in [2.75, 3.05) is 26.9 Å². The van der Waals surface area contributed by atoms with Crippen LogP contribution in [0, 0.1) is 0 Å². The van der Waals surface area contributed by atoms with Gasteiger partial charge >= 0.3 is 5.97 Å². The highest BCUT2D eigenvalue weighted by molar-refractivity contribution is 5.83. The minimum atomic E-state index is -0.365. The zero-order valence-electron chi connectivity index (χ0n) is 12.6. The molecule has 0 aliphatic heterocycles. The lowest BCUT2D eigenvalue weighted by atomic mass is 9.97. The Bertz CT molecular complexity index is 433. The number of ether oxygens (including phenoxy) is 2. The molecule has 0 aromatic heterocycles. The van der Waals surface area contributed by atoms with Crippen molar-refractivity contribution in [1.29, 1.82) is 0 Å². The van der Waals surface area contributed by atoms with Gasteiger partial charge in [0.05, 0.1) is 5.92 Å². The summed E-state index contributed by atoms with van der Waals surface area (Å²) < 4.78 is 9.97. The Morgan fingerprint density at radius 2 is 1.95 bits per heavy atom. The van der Waals surface area contributed by atoms with E-state index in [9.17, 15) is 9.59 Å². The zero-order valence-corrected chi connectivity index (χ0v) is 12.6. The van der Waals surface area contributed by atoms with Crippen molar-refractivity contribution in [2.45, 2.75) is 25.7 Å². The summed E-state index contributed by atoms with van der Waals surface area (Å²) in [4.78, 5) is 23.6. The van der Waals surface area contributed by atoms with Gasteiger partial charge in [0.15, 0.2) is 6.61 Å². The maximum atomic E-state index is 12.0. The molecule has 0 spiro atoms. The lowest BCUT2D eigenvalue weighted by Gasteiger charge is -2.14. The molecule has 0 fully saturated rings. The normalized spacial score (nSPS) is 11.7. The molecule has 21 heavy (non-hydrogen) atoms. The first kappa shape index (κ1) is 17.2. The lowest BCUT2D eigenvalue weighted by Crippen LogP contribution is -2.31. The number of carbonyl (C=O) groups excluding carboxylic acids is 2. The van der Waals surface area contributed by atoms with Crippen molar-refractivity contribution in [3.05, 3.63) is 35.9 Å². The number of hydrogen-bond donors (Lipinski definition) is 1. The van der Waals surface area contributed by atoms with E-state index in [1.54, 1.807) is 7.11 Å². The minimum absolute atomic E-state index is 0.241. The molecule has 5 nitrogen and oxygen atoms in total. The highest BCUT2D eigenvalue weighted by Gasteiger charge is 2.20. The molecule has 1 N–H and O–H groups in total. The SMILES string of the molecule is CCC(C(=O)OCC(=O)NCCCOC)c1ccccc1. The van der Waals surface area contributed by atoms with E-state index in [4.69, 9.17) is 9.47 Å². The van der Waals surface area contributed by atoms with Crippen LogP contribution in [0.25, 0.3) is 0 Å². The first-order valence-corrected chi connectivity index (χ1v) is 7.16. The topological polar surface area (TPSA) is 64.6 Å². The number of esters is 1. The monoisotopic (exact) mass is 293 g/mol. The smallest absolute Gasteiger partial charge is 0.313 e. The number of carbonyl (C=O) groups is 2. The zero-order chi connectivity index (χ0) is 15.5. The molecule has 1 amide bonds. The fourth-order valence-electron chi connectivity index (χ4n) is 1.96. The Balaban J connectivity index is 2.36. The van der Waals surface area contributed by atoms with Gasteiger partial charge in [-0.15, -0.1) is 0 Å². The van der Waals surface area contributed by atoms with E-state index >= 15 is 0 Å². The van der Waals surface area contributed by atoms with Crippen molar-refractivity contribution in [3.63, 3.8) is 0 Å². The average molecular weight is 293 g/mol. The highest BCUT2D eigenvalue weighted by Crippen LogP contribution is 2.20. The third-order valence-electron chi connectivity index (χ3n) is 3.09. The number of methoxy groups -OCH3 is 1. The summed E-state index contributed by atoms with van der Waals surface area (Å²) in [6.07, 6.45) is 1.37. The number of hydrogen-bond acceptors (Lipinski definition) is 4. The van der Waals surface area contributed by atoms with Crippen LogP contribution in [0.5, 0.6) is 0 Å². The van der Waals surface area contributed by atoms with Crippen molar-refractivity contribution < 1.29 is 19.1 Å². The second kappa shape index (κ2) is 9.94. The van der Waals surface area contributed by atoms with Crippen LogP contribution in [0.2, 0.25) is 0 Å². The van der Waals surface area contributed by atoms with Gasteiger partial charge in [-0.2, -0.15) is 0 Å². The summed E-state index contributed by atoms with van der Waals surface area (Å²) in [5, 5.41) is 2.67. The lowest BCUT2D eigenvalue weighted by molar-refractivity contribution is -0.150. The van der Waals surface area contributed by atoms with Crippen molar-refractivity contribution in [1.82, 2.24) is 5.32 Å². The maximum absolute atomic E-state index is 12.0. The van der Waals surface area contributed by atoms with Crippen LogP contribution in [-0.2, 0) is 19.1 Å². The number of amides is 1. The van der Waals surface area contributed by atoms with Gasteiger partial charge in [0.2, 0.25) is 0 Å². The molecule has 0 saturated heterocycles. The van der Waals surface area contributed by atoms with Crippen molar-refractivity contribution in [2.24, 2.45) is 0 Å². The standard InChI is InChI=1S/C16H23NO4/c1-3-14(13-8-5-4-6-9-13)16(19)21-12-15(18)17-10-7-11-20-2/h4-6,8-9,14H,3,7,10-12H2,1-2H3,(H,17,18). The van der Waals surface area contributed by atoms with Gasteiger partial charge < -0.3 is 14.8 Å². The van der Waals surface area contributed by atoms with E-state index in [-0.39, 0.29) is 24.4 Å². The summed E-state index contributed by atoms with van der Waals surface area (Å²) in [6, 6.07) is 9.44. The number of rotatable bonds is 9. The summed E-state index contributed by atoms with van der Waals surface area (Å²) in [6.45, 7) is 2.78. The molecule has 1 atom stereocenters. The Labute approximate surface area is 125 Å². The van der Waals surface area contributed by atoms with E-state index in [0.717, 1.165) is 12.0 Å². The Morgan fingerprint density at radius 3 is 2.57 bits per heavy atom. The third kappa shape index (κ3) is 6.40. The predicted molar refractivity (Wildman–Crippen MR) is 79.9 cm³/mol. The average Bonchev–Trinajstić information content (AvgIpc) is 2.51. The second-order valence-electron chi connectivity index (χ2n) is 4.68. The molecule has 1 unspecified atom stereocenters. The summed E-state index contributed by atoms with van der Waals surface area (Å²) in [7, 11) is 1.61. The van der Waals surface area contributed by atoms with Gasteiger partial charge in [-0.05, 0) is 18.4 Å². The maximum Gasteiger partial charge on any atom is 0.313 e. The Kier molecular flexibility index (Phi) is 8.12. The molecule has 5 heteroatoms. The fourth-order valence-corrected chi connectivity index (χ4v) is 1.96. The molecular formula is C16H23NO4. The van der Waals surface area contributed by atoms with E-state index in [2.05, 4.69) is 5.32 Å². The van der Waals surface area contributed by atoms with Gasteiger partial charge in [0.1, 0.15) is 0 Å². The highest BCUT2D eigenvalue weighted by atomic mass is 16.5. The van der Waals surface area contributed by atoms with Crippen LogP contribution in [0.3, 0.4) is 0 Å². The van der Waals surface area contributed by atoms with Crippen LogP contribution in [-0.4, -0.2) is 38.7 Å². The van der Waals surface area contributed by atoms with Gasteiger partial charge in [0.25, 0.3) is 5.91 Å². The van der Waals surface area contributed by atoms with Crippen LogP contribution >= 0.6 is 0 Å². The Hall–Kier alpha value is -1.88. The largest absolute Gasteiger partial charge is 0.455 e. The van der Waals surface area contributed by atoms with E-state index in [1.165, 1.54) is 0 Å². The summed E-state index contributed by atoms with van der Waals surface area (Å²) >= 11 is 0. The third-order valence-corrected chi connectivity index (χ3v) is 3.09. The fraction of sp³-hybridized carbons (Fsp3) is 0.500.